The lowest BCUT2D eigenvalue weighted by molar-refractivity contribution is -0.120. The molecule has 0 aromatic rings. The topological polar surface area (TPSA) is 75.3 Å². The summed E-state index contributed by atoms with van der Waals surface area (Å²) in [5.74, 6) is 0.498. The van der Waals surface area contributed by atoms with E-state index in [0.717, 1.165) is 6.42 Å². The number of rotatable bonds is 5. The van der Waals surface area contributed by atoms with Crippen molar-refractivity contribution in [1.29, 1.82) is 0 Å². The molecule has 2 N–H and O–H groups in total. The van der Waals surface area contributed by atoms with Crippen LogP contribution in [0.5, 0.6) is 0 Å². The zero-order valence-electron chi connectivity index (χ0n) is 9.88. The van der Waals surface area contributed by atoms with Gasteiger partial charge in [-0.3, -0.25) is 4.79 Å². The Labute approximate surface area is 96.9 Å². The Morgan fingerprint density at radius 1 is 1.44 bits per heavy atom. The zero-order chi connectivity index (χ0) is 12.2. The number of carbonyl (C=O) groups is 1. The van der Waals surface area contributed by atoms with Gasteiger partial charge >= 0.3 is 0 Å². The molecule has 94 valence electrons. The monoisotopic (exact) mass is 248 g/mol. The van der Waals surface area contributed by atoms with Crippen molar-refractivity contribution in [3.8, 4) is 0 Å². The molecule has 1 amide bonds. The van der Waals surface area contributed by atoms with Crippen LogP contribution in [0.4, 0.5) is 0 Å². The van der Waals surface area contributed by atoms with Crippen LogP contribution in [-0.4, -0.2) is 45.0 Å². The van der Waals surface area contributed by atoms with Crippen LogP contribution in [0.2, 0.25) is 0 Å². The van der Waals surface area contributed by atoms with Gasteiger partial charge in [0.15, 0.2) is 9.84 Å². The number of carbonyl (C=O) groups excluding carboxylic acids is 1. The van der Waals surface area contributed by atoms with Gasteiger partial charge in [0.1, 0.15) is 0 Å². The van der Waals surface area contributed by atoms with Crippen molar-refractivity contribution in [1.82, 2.24) is 10.6 Å². The summed E-state index contributed by atoms with van der Waals surface area (Å²) in [6, 6.07) is 0. The van der Waals surface area contributed by atoms with Gasteiger partial charge in [-0.25, -0.2) is 8.42 Å². The smallest absolute Gasteiger partial charge is 0.219 e. The fourth-order valence-corrected chi connectivity index (χ4v) is 4.04. The second-order valence-corrected chi connectivity index (χ2v) is 6.79. The Morgan fingerprint density at radius 3 is 2.62 bits per heavy atom. The van der Waals surface area contributed by atoms with Gasteiger partial charge in [0.2, 0.25) is 5.91 Å². The SMILES string of the molecule is CNC(=O)CCCNC1(C)CCS(=O)(=O)C1. The fraction of sp³-hybridized carbons (Fsp3) is 0.900. The van der Waals surface area contributed by atoms with Gasteiger partial charge in [-0.1, -0.05) is 0 Å². The summed E-state index contributed by atoms with van der Waals surface area (Å²) in [6.07, 6.45) is 1.87. The first-order valence-corrected chi connectivity index (χ1v) is 7.35. The second kappa shape index (κ2) is 5.14. The number of amides is 1. The Balaban J connectivity index is 2.26. The highest BCUT2D eigenvalue weighted by Gasteiger charge is 2.37. The van der Waals surface area contributed by atoms with Gasteiger partial charge in [0, 0.05) is 19.0 Å². The summed E-state index contributed by atoms with van der Waals surface area (Å²) in [4.78, 5) is 11.0. The van der Waals surface area contributed by atoms with Crippen LogP contribution in [0.3, 0.4) is 0 Å². The minimum atomic E-state index is -2.85. The van der Waals surface area contributed by atoms with Gasteiger partial charge in [-0.05, 0) is 26.3 Å². The molecule has 1 aliphatic heterocycles. The highest BCUT2D eigenvalue weighted by atomic mass is 32.2. The van der Waals surface area contributed by atoms with Crippen molar-refractivity contribution >= 4 is 15.7 Å². The molecule has 5 nitrogen and oxygen atoms in total. The summed E-state index contributed by atoms with van der Waals surface area (Å²) in [6.45, 7) is 2.61. The molecule has 0 saturated carbocycles. The average molecular weight is 248 g/mol. The van der Waals surface area contributed by atoms with E-state index in [1.807, 2.05) is 6.92 Å². The number of nitrogens with one attached hydrogen (secondary N) is 2. The van der Waals surface area contributed by atoms with E-state index < -0.39 is 9.84 Å². The molecule has 1 saturated heterocycles. The van der Waals surface area contributed by atoms with Crippen LogP contribution < -0.4 is 10.6 Å². The highest BCUT2D eigenvalue weighted by Crippen LogP contribution is 2.22. The van der Waals surface area contributed by atoms with E-state index in [9.17, 15) is 13.2 Å². The summed E-state index contributed by atoms with van der Waals surface area (Å²) in [5, 5.41) is 5.79. The van der Waals surface area contributed by atoms with Crippen molar-refractivity contribution in [2.45, 2.75) is 31.7 Å². The predicted octanol–water partition coefficient (Wildman–Crippen LogP) is -0.321. The molecule has 0 radical (unpaired) electrons. The van der Waals surface area contributed by atoms with Crippen molar-refractivity contribution in [2.24, 2.45) is 0 Å². The molecule has 6 heteroatoms. The molecule has 1 atom stereocenters. The summed E-state index contributed by atoms with van der Waals surface area (Å²) < 4.78 is 22.7. The van der Waals surface area contributed by atoms with Crippen LogP contribution in [0.1, 0.15) is 26.2 Å². The van der Waals surface area contributed by atoms with E-state index in [0.29, 0.717) is 19.4 Å². The summed E-state index contributed by atoms with van der Waals surface area (Å²) >= 11 is 0. The third kappa shape index (κ3) is 4.09. The standard InChI is InChI=1S/C10H20N2O3S/c1-10(5-7-16(14,15)8-10)12-6-3-4-9(13)11-2/h12H,3-8H2,1-2H3,(H,11,13). The lowest BCUT2D eigenvalue weighted by atomic mass is 10.0. The Morgan fingerprint density at radius 2 is 2.12 bits per heavy atom. The molecule has 1 unspecified atom stereocenters. The van der Waals surface area contributed by atoms with Gasteiger partial charge in [0.25, 0.3) is 0 Å². The van der Waals surface area contributed by atoms with Gasteiger partial charge in [-0.15, -0.1) is 0 Å². The molecular weight excluding hydrogens is 228 g/mol. The molecule has 1 fully saturated rings. The van der Waals surface area contributed by atoms with Crippen LogP contribution in [0.15, 0.2) is 0 Å². The molecule has 1 heterocycles. The van der Waals surface area contributed by atoms with Crippen molar-refractivity contribution in [3.63, 3.8) is 0 Å². The first-order valence-electron chi connectivity index (χ1n) is 5.53. The van der Waals surface area contributed by atoms with Gasteiger partial charge in [-0.2, -0.15) is 0 Å². The lowest BCUT2D eigenvalue weighted by Crippen LogP contribution is -2.44. The molecular formula is C10H20N2O3S. The minimum absolute atomic E-state index is 0.0194. The Kier molecular flexibility index (Phi) is 4.32. The fourth-order valence-electron chi connectivity index (χ4n) is 1.91. The first kappa shape index (κ1) is 13.4. The number of sulfone groups is 1. The van der Waals surface area contributed by atoms with E-state index in [-0.39, 0.29) is 23.0 Å². The maximum Gasteiger partial charge on any atom is 0.219 e. The summed E-state index contributed by atoms with van der Waals surface area (Å²) in [5.41, 5.74) is -0.304. The van der Waals surface area contributed by atoms with E-state index in [1.54, 1.807) is 7.05 Å². The zero-order valence-corrected chi connectivity index (χ0v) is 10.7. The molecule has 0 aromatic heterocycles. The molecule has 1 aliphatic rings. The predicted molar refractivity (Wildman–Crippen MR) is 63.0 cm³/mol. The van der Waals surface area contributed by atoms with E-state index in [1.165, 1.54) is 0 Å². The second-order valence-electron chi connectivity index (χ2n) is 4.61. The molecule has 16 heavy (non-hydrogen) atoms. The van der Waals surface area contributed by atoms with Crippen LogP contribution in [-0.2, 0) is 14.6 Å². The van der Waals surface area contributed by atoms with Crippen molar-refractivity contribution in [2.75, 3.05) is 25.1 Å². The average Bonchev–Trinajstić information content (AvgIpc) is 2.48. The quantitative estimate of drug-likeness (QED) is 0.654. The van der Waals surface area contributed by atoms with E-state index in [2.05, 4.69) is 10.6 Å². The Hall–Kier alpha value is -0.620. The maximum atomic E-state index is 11.3. The highest BCUT2D eigenvalue weighted by molar-refractivity contribution is 7.91. The largest absolute Gasteiger partial charge is 0.359 e. The van der Waals surface area contributed by atoms with Gasteiger partial charge in [0.05, 0.1) is 11.5 Å². The number of hydrogen-bond acceptors (Lipinski definition) is 4. The first-order chi connectivity index (χ1) is 7.37. The van der Waals surface area contributed by atoms with Crippen LogP contribution >= 0.6 is 0 Å². The molecule has 0 bridgehead atoms. The van der Waals surface area contributed by atoms with Crippen molar-refractivity contribution in [3.05, 3.63) is 0 Å². The third-order valence-corrected chi connectivity index (χ3v) is 4.82. The lowest BCUT2D eigenvalue weighted by Gasteiger charge is -2.23. The minimum Gasteiger partial charge on any atom is -0.359 e. The molecule has 0 aromatic carbocycles. The molecule has 0 spiro atoms. The van der Waals surface area contributed by atoms with Crippen LogP contribution in [0, 0.1) is 0 Å². The number of hydrogen-bond donors (Lipinski definition) is 2. The summed E-state index contributed by atoms with van der Waals surface area (Å²) in [7, 11) is -1.24. The van der Waals surface area contributed by atoms with Crippen molar-refractivity contribution < 1.29 is 13.2 Å². The third-order valence-electron chi connectivity index (χ3n) is 2.91. The van der Waals surface area contributed by atoms with E-state index >= 15 is 0 Å². The Bertz CT molecular complexity index is 353. The van der Waals surface area contributed by atoms with Gasteiger partial charge < -0.3 is 10.6 Å². The van der Waals surface area contributed by atoms with Crippen LogP contribution in [0.25, 0.3) is 0 Å². The maximum absolute atomic E-state index is 11.3. The normalized spacial score (nSPS) is 27.9. The molecule has 0 aliphatic carbocycles. The molecule has 1 rings (SSSR count). The van der Waals surface area contributed by atoms with E-state index in [4.69, 9.17) is 0 Å².